The predicted octanol–water partition coefficient (Wildman–Crippen LogP) is 3.32. The molecular weight excluding hydrogens is 415 g/mol. The van der Waals surface area contributed by atoms with Gasteiger partial charge in [0.1, 0.15) is 28.8 Å². The summed E-state index contributed by atoms with van der Waals surface area (Å²) in [5, 5.41) is 11.9. The number of aromatic nitrogens is 2. The highest BCUT2D eigenvalue weighted by atomic mass is 19.1. The van der Waals surface area contributed by atoms with Crippen LogP contribution in [0.5, 0.6) is 11.5 Å². The Kier molecular flexibility index (Phi) is 7.45. The molecule has 0 unspecified atom stereocenters. The molecule has 1 heterocycles. The van der Waals surface area contributed by atoms with Gasteiger partial charge in [-0.1, -0.05) is 0 Å². The Morgan fingerprint density at radius 3 is 2.31 bits per heavy atom. The Labute approximate surface area is 184 Å². The van der Waals surface area contributed by atoms with Crippen molar-refractivity contribution in [2.24, 2.45) is 5.73 Å². The molecule has 2 aromatic carbocycles. The van der Waals surface area contributed by atoms with E-state index in [1.54, 1.807) is 31.2 Å². The van der Waals surface area contributed by atoms with E-state index in [4.69, 9.17) is 15.6 Å². The number of carbonyl (C=O) groups is 2. The largest absolute Gasteiger partial charge is 0.457 e. The fraction of sp³-hybridized carbons (Fsp3) is 0.217. The van der Waals surface area contributed by atoms with Crippen LogP contribution in [0.3, 0.4) is 0 Å². The van der Waals surface area contributed by atoms with Crippen LogP contribution in [0.15, 0.2) is 54.6 Å². The summed E-state index contributed by atoms with van der Waals surface area (Å²) < 4.78 is 18.7. The number of ether oxygens (including phenoxy) is 1. The molecule has 0 saturated carbocycles. The normalized spacial score (nSPS) is 11.6. The number of aliphatic hydroxyl groups is 1. The summed E-state index contributed by atoms with van der Waals surface area (Å²) >= 11 is 0. The monoisotopic (exact) mass is 438 g/mol. The summed E-state index contributed by atoms with van der Waals surface area (Å²) in [7, 11) is 0. The van der Waals surface area contributed by atoms with Crippen molar-refractivity contribution in [2.75, 3.05) is 11.9 Å². The number of anilines is 1. The van der Waals surface area contributed by atoms with Gasteiger partial charge in [-0.2, -0.15) is 0 Å². The summed E-state index contributed by atoms with van der Waals surface area (Å²) in [6.45, 7) is 1.61. The lowest BCUT2D eigenvalue weighted by Crippen LogP contribution is -2.27. The number of Topliss-reactive ketones (excluding diaryl/α,β-unsaturated/α-hetero) is 1. The van der Waals surface area contributed by atoms with E-state index in [0.717, 1.165) is 0 Å². The SMILES string of the molecule is C[C@H](Nc1cc(C(N)=O)nc(-c2ccc(Oc3ccc(F)cc3)cc2)n1)C(=O)CCCO. The first-order valence-corrected chi connectivity index (χ1v) is 9.98. The zero-order valence-corrected chi connectivity index (χ0v) is 17.4. The Morgan fingerprint density at radius 1 is 1.09 bits per heavy atom. The molecule has 1 amide bonds. The summed E-state index contributed by atoms with van der Waals surface area (Å²) in [4.78, 5) is 32.5. The molecule has 3 rings (SSSR count). The number of carbonyl (C=O) groups excluding carboxylic acids is 2. The van der Waals surface area contributed by atoms with Crippen molar-refractivity contribution in [1.29, 1.82) is 0 Å². The van der Waals surface area contributed by atoms with Gasteiger partial charge in [0.25, 0.3) is 5.91 Å². The number of nitrogens with two attached hydrogens (primary N) is 1. The zero-order chi connectivity index (χ0) is 23.1. The Hall–Kier alpha value is -3.85. The molecule has 0 bridgehead atoms. The van der Waals surface area contributed by atoms with Gasteiger partial charge in [-0.05, 0) is 61.9 Å². The minimum absolute atomic E-state index is 0.000791. The van der Waals surface area contributed by atoms with Gasteiger partial charge >= 0.3 is 0 Å². The van der Waals surface area contributed by atoms with E-state index in [-0.39, 0.29) is 42.0 Å². The van der Waals surface area contributed by atoms with Crippen molar-refractivity contribution in [3.8, 4) is 22.9 Å². The van der Waals surface area contributed by atoms with E-state index in [1.807, 2.05) is 0 Å². The van der Waals surface area contributed by atoms with Crippen LogP contribution in [0.25, 0.3) is 11.4 Å². The maximum Gasteiger partial charge on any atom is 0.267 e. The van der Waals surface area contributed by atoms with Crippen molar-refractivity contribution < 1.29 is 23.8 Å². The number of primary amides is 1. The number of hydrogen-bond donors (Lipinski definition) is 3. The Morgan fingerprint density at radius 2 is 1.72 bits per heavy atom. The average molecular weight is 438 g/mol. The molecule has 3 aromatic rings. The highest BCUT2D eigenvalue weighted by molar-refractivity contribution is 5.92. The molecule has 8 nitrogen and oxygen atoms in total. The molecule has 0 saturated heterocycles. The van der Waals surface area contributed by atoms with Crippen molar-refractivity contribution in [1.82, 2.24) is 9.97 Å². The van der Waals surface area contributed by atoms with E-state index >= 15 is 0 Å². The van der Waals surface area contributed by atoms with Crippen molar-refractivity contribution in [3.63, 3.8) is 0 Å². The molecule has 0 radical (unpaired) electrons. The molecule has 9 heteroatoms. The van der Waals surface area contributed by atoms with Crippen molar-refractivity contribution >= 4 is 17.5 Å². The Balaban J connectivity index is 1.80. The van der Waals surface area contributed by atoms with Gasteiger partial charge in [0.05, 0.1) is 6.04 Å². The minimum atomic E-state index is -0.729. The average Bonchev–Trinajstić information content (AvgIpc) is 2.79. The molecule has 0 spiro atoms. The first kappa shape index (κ1) is 22.8. The van der Waals surface area contributed by atoms with E-state index in [2.05, 4.69) is 15.3 Å². The molecule has 0 aliphatic heterocycles. The van der Waals surface area contributed by atoms with Crippen LogP contribution in [-0.2, 0) is 4.79 Å². The summed E-state index contributed by atoms with van der Waals surface area (Å²) in [6.07, 6.45) is 0.597. The topological polar surface area (TPSA) is 127 Å². The molecule has 166 valence electrons. The van der Waals surface area contributed by atoms with Crippen molar-refractivity contribution in [3.05, 3.63) is 66.1 Å². The predicted molar refractivity (Wildman–Crippen MR) is 117 cm³/mol. The van der Waals surface area contributed by atoms with Gasteiger partial charge in [-0.25, -0.2) is 14.4 Å². The second-order valence-corrected chi connectivity index (χ2v) is 7.07. The minimum Gasteiger partial charge on any atom is -0.457 e. The number of nitrogens with one attached hydrogen (secondary N) is 1. The third kappa shape index (κ3) is 6.08. The maximum absolute atomic E-state index is 13.0. The van der Waals surface area contributed by atoms with Crippen LogP contribution < -0.4 is 15.8 Å². The second-order valence-electron chi connectivity index (χ2n) is 7.07. The summed E-state index contributed by atoms with van der Waals surface area (Å²) in [5.41, 5.74) is 6.01. The van der Waals surface area contributed by atoms with Crippen LogP contribution in [0, 0.1) is 5.82 Å². The number of ketones is 1. The molecule has 0 aliphatic rings. The zero-order valence-electron chi connectivity index (χ0n) is 17.4. The molecule has 4 N–H and O–H groups in total. The quantitative estimate of drug-likeness (QED) is 0.443. The molecule has 1 atom stereocenters. The van der Waals surface area contributed by atoms with E-state index in [1.165, 1.54) is 30.3 Å². The second kappa shape index (κ2) is 10.5. The highest BCUT2D eigenvalue weighted by Gasteiger charge is 2.16. The standard InChI is InChI=1S/C23H23FN4O4/c1-14(20(30)3-2-12-29)26-21-13-19(22(25)31)27-23(28-21)15-4-8-17(9-5-15)32-18-10-6-16(24)7-11-18/h4-11,13-14,29H,2-3,12H2,1H3,(H2,25,31)(H,26,27,28)/t14-/m0/s1. The van der Waals surface area contributed by atoms with Crippen LogP contribution in [0.2, 0.25) is 0 Å². The molecule has 0 aliphatic carbocycles. The van der Waals surface area contributed by atoms with Gasteiger partial charge < -0.3 is 20.9 Å². The third-order valence-corrected chi connectivity index (χ3v) is 4.57. The van der Waals surface area contributed by atoms with E-state index in [0.29, 0.717) is 23.5 Å². The molecular formula is C23H23FN4O4. The number of halogens is 1. The number of aliphatic hydroxyl groups excluding tert-OH is 1. The van der Waals surface area contributed by atoms with Gasteiger partial charge in [0.2, 0.25) is 0 Å². The van der Waals surface area contributed by atoms with Crippen LogP contribution in [0.1, 0.15) is 30.3 Å². The Bertz CT molecular complexity index is 1090. The molecule has 1 aromatic heterocycles. The van der Waals surface area contributed by atoms with Gasteiger partial charge in [-0.3, -0.25) is 9.59 Å². The summed E-state index contributed by atoms with van der Waals surface area (Å²) in [6, 6.07) is 13.2. The number of nitrogens with zero attached hydrogens (tertiary/aromatic N) is 2. The third-order valence-electron chi connectivity index (χ3n) is 4.57. The molecule has 0 fully saturated rings. The fourth-order valence-corrected chi connectivity index (χ4v) is 2.86. The van der Waals surface area contributed by atoms with Crippen LogP contribution in [-0.4, -0.2) is 39.4 Å². The lowest BCUT2D eigenvalue weighted by molar-refractivity contribution is -0.119. The van der Waals surface area contributed by atoms with Crippen molar-refractivity contribution in [2.45, 2.75) is 25.8 Å². The van der Waals surface area contributed by atoms with Crippen LogP contribution in [0.4, 0.5) is 10.2 Å². The number of hydrogen-bond acceptors (Lipinski definition) is 7. The fourth-order valence-electron chi connectivity index (χ4n) is 2.86. The lowest BCUT2D eigenvalue weighted by Gasteiger charge is -2.15. The number of benzene rings is 2. The first-order valence-electron chi connectivity index (χ1n) is 9.98. The highest BCUT2D eigenvalue weighted by Crippen LogP contribution is 2.25. The van der Waals surface area contributed by atoms with Crippen LogP contribution >= 0.6 is 0 Å². The first-order chi connectivity index (χ1) is 15.4. The number of rotatable bonds is 10. The lowest BCUT2D eigenvalue weighted by atomic mass is 10.1. The van der Waals surface area contributed by atoms with E-state index < -0.39 is 11.9 Å². The summed E-state index contributed by atoms with van der Waals surface area (Å²) in [5.74, 6) is 0.347. The maximum atomic E-state index is 13.0. The number of amides is 1. The van der Waals surface area contributed by atoms with E-state index in [9.17, 15) is 14.0 Å². The van der Waals surface area contributed by atoms with Gasteiger partial charge in [-0.15, -0.1) is 0 Å². The van der Waals surface area contributed by atoms with Gasteiger partial charge in [0, 0.05) is 24.7 Å². The van der Waals surface area contributed by atoms with Gasteiger partial charge in [0.15, 0.2) is 11.6 Å². The smallest absolute Gasteiger partial charge is 0.267 e. The molecule has 32 heavy (non-hydrogen) atoms.